The second kappa shape index (κ2) is 8.74. The van der Waals surface area contributed by atoms with Crippen molar-refractivity contribution in [2.75, 3.05) is 6.61 Å². The van der Waals surface area contributed by atoms with Crippen LogP contribution in [0.3, 0.4) is 0 Å². The highest BCUT2D eigenvalue weighted by Gasteiger charge is 2.13. The molecule has 0 spiro atoms. The first-order chi connectivity index (χ1) is 13.4. The molecule has 0 radical (unpaired) electrons. The molecule has 5 nitrogen and oxygen atoms in total. The lowest BCUT2D eigenvalue weighted by Gasteiger charge is -2.15. The van der Waals surface area contributed by atoms with Gasteiger partial charge in [0.15, 0.2) is 6.61 Å². The molecule has 1 N–H and O–H groups in total. The quantitative estimate of drug-likeness (QED) is 0.632. The molecule has 0 aliphatic rings. The zero-order valence-electron chi connectivity index (χ0n) is 16.5. The minimum Gasteiger partial charge on any atom is -0.483 e. The second-order valence-corrected chi connectivity index (χ2v) is 7.17. The molecule has 146 valence electrons. The van der Waals surface area contributed by atoms with Crippen molar-refractivity contribution in [1.82, 2.24) is 5.32 Å². The van der Waals surface area contributed by atoms with Crippen LogP contribution >= 0.6 is 0 Å². The molecule has 3 rings (SSSR count). The Morgan fingerprint density at radius 3 is 2.64 bits per heavy atom. The predicted octanol–water partition coefficient (Wildman–Crippen LogP) is 3.93. The summed E-state index contributed by atoms with van der Waals surface area (Å²) in [4.78, 5) is 23.9. The molecule has 3 aromatic rings. The fourth-order valence-electron chi connectivity index (χ4n) is 3.25. The van der Waals surface area contributed by atoms with E-state index in [0.717, 1.165) is 29.4 Å². The molecule has 2 aromatic carbocycles. The van der Waals surface area contributed by atoms with Crippen molar-refractivity contribution in [3.8, 4) is 5.75 Å². The first-order valence-corrected chi connectivity index (χ1v) is 9.43. The molecule has 1 heterocycles. The van der Waals surface area contributed by atoms with E-state index in [1.54, 1.807) is 6.07 Å². The largest absolute Gasteiger partial charge is 0.483 e. The number of carbonyl (C=O) groups excluding carboxylic acids is 1. The maximum atomic E-state index is 12.3. The van der Waals surface area contributed by atoms with Crippen molar-refractivity contribution >= 4 is 16.9 Å². The van der Waals surface area contributed by atoms with Crippen molar-refractivity contribution in [3.05, 3.63) is 75.6 Å². The number of fused-ring (bicyclic) bond motifs is 1. The van der Waals surface area contributed by atoms with Gasteiger partial charge in [-0.2, -0.15) is 0 Å². The van der Waals surface area contributed by atoms with Crippen molar-refractivity contribution in [2.45, 2.75) is 39.7 Å². The maximum absolute atomic E-state index is 12.3. The molecule has 0 bridgehead atoms. The maximum Gasteiger partial charge on any atom is 0.336 e. The smallest absolute Gasteiger partial charge is 0.336 e. The van der Waals surface area contributed by atoms with Gasteiger partial charge in [-0.1, -0.05) is 30.3 Å². The van der Waals surface area contributed by atoms with Gasteiger partial charge in [-0.15, -0.1) is 0 Å². The number of rotatable bonds is 7. The van der Waals surface area contributed by atoms with Gasteiger partial charge in [-0.25, -0.2) is 4.79 Å². The van der Waals surface area contributed by atoms with E-state index in [0.29, 0.717) is 11.3 Å². The zero-order chi connectivity index (χ0) is 20.1. The molecule has 5 heteroatoms. The Bertz CT molecular complexity index is 1020. The van der Waals surface area contributed by atoms with E-state index >= 15 is 0 Å². The van der Waals surface area contributed by atoms with E-state index in [1.165, 1.54) is 11.6 Å². The van der Waals surface area contributed by atoms with E-state index in [2.05, 4.69) is 17.4 Å². The zero-order valence-corrected chi connectivity index (χ0v) is 16.5. The van der Waals surface area contributed by atoms with Gasteiger partial charge in [-0.05, 0) is 62.4 Å². The molecule has 28 heavy (non-hydrogen) atoms. The van der Waals surface area contributed by atoms with Crippen LogP contribution < -0.4 is 15.7 Å². The van der Waals surface area contributed by atoms with E-state index < -0.39 is 5.63 Å². The number of hydrogen-bond donors (Lipinski definition) is 1. The van der Waals surface area contributed by atoms with Crippen LogP contribution in [0.25, 0.3) is 11.0 Å². The summed E-state index contributed by atoms with van der Waals surface area (Å²) >= 11 is 0. The predicted molar refractivity (Wildman–Crippen MR) is 110 cm³/mol. The van der Waals surface area contributed by atoms with Crippen molar-refractivity contribution in [3.63, 3.8) is 0 Å². The number of carbonyl (C=O) groups is 1. The van der Waals surface area contributed by atoms with Crippen LogP contribution in [0.2, 0.25) is 0 Å². The van der Waals surface area contributed by atoms with Gasteiger partial charge < -0.3 is 14.5 Å². The monoisotopic (exact) mass is 379 g/mol. The number of benzene rings is 2. The Balaban J connectivity index is 1.60. The molecular weight excluding hydrogens is 354 g/mol. The number of hydrogen-bond acceptors (Lipinski definition) is 4. The van der Waals surface area contributed by atoms with Crippen molar-refractivity contribution in [2.24, 2.45) is 0 Å². The Hall–Kier alpha value is -3.08. The summed E-state index contributed by atoms with van der Waals surface area (Å²) in [5.74, 6) is 0.369. The third-order valence-corrected chi connectivity index (χ3v) is 4.62. The first-order valence-electron chi connectivity index (χ1n) is 9.43. The first kappa shape index (κ1) is 19.7. The third kappa shape index (κ3) is 5.00. The lowest BCUT2D eigenvalue weighted by Crippen LogP contribution is -2.36. The van der Waals surface area contributed by atoms with Crippen LogP contribution in [0, 0.1) is 13.8 Å². The van der Waals surface area contributed by atoms with Crippen molar-refractivity contribution < 1.29 is 13.9 Å². The topological polar surface area (TPSA) is 68.5 Å². The average Bonchev–Trinajstić information content (AvgIpc) is 2.64. The molecule has 1 unspecified atom stereocenters. The molecule has 0 aliphatic carbocycles. The van der Waals surface area contributed by atoms with E-state index in [1.807, 2.05) is 45.0 Å². The number of amides is 1. The molecule has 0 fully saturated rings. The lowest BCUT2D eigenvalue weighted by molar-refractivity contribution is -0.123. The van der Waals surface area contributed by atoms with E-state index in [9.17, 15) is 9.59 Å². The molecular formula is C23H25NO4. The molecule has 0 saturated heterocycles. The van der Waals surface area contributed by atoms with Crippen molar-refractivity contribution in [1.29, 1.82) is 0 Å². The van der Waals surface area contributed by atoms with Gasteiger partial charge in [-0.3, -0.25) is 4.79 Å². The summed E-state index contributed by atoms with van der Waals surface area (Å²) in [7, 11) is 0. The SMILES string of the molecule is Cc1cc(OCC(=O)NC(C)CCc2ccccc2)c2c(C)cc(=O)oc2c1. The Labute approximate surface area is 164 Å². The number of nitrogens with one attached hydrogen (secondary N) is 1. The molecule has 1 atom stereocenters. The van der Waals surface area contributed by atoms with Crippen LogP contribution in [0.5, 0.6) is 5.75 Å². The molecule has 1 amide bonds. The minimum atomic E-state index is -0.397. The van der Waals surface area contributed by atoms with Gasteiger partial charge in [0.25, 0.3) is 5.91 Å². The summed E-state index contributed by atoms with van der Waals surface area (Å²) in [6, 6.07) is 15.3. The molecule has 0 aliphatic heterocycles. The van der Waals surface area contributed by atoms with E-state index in [-0.39, 0.29) is 18.6 Å². The minimum absolute atomic E-state index is 0.0466. The van der Waals surface area contributed by atoms with Crippen LogP contribution in [0.1, 0.15) is 30.0 Å². The Kier molecular flexibility index (Phi) is 6.14. The number of ether oxygens (including phenoxy) is 1. The molecule has 1 aromatic heterocycles. The van der Waals surface area contributed by atoms with Crippen LogP contribution in [0.4, 0.5) is 0 Å². The highest BCUT2D eigenvalue weighted by molar-refractivity contribution is 5.88. The van der Waals surface area contributed by atoms with Gasteiger partial charge in [0.05, 0.1) is 5.39 Å². The summed E-state index contributed by atoms with van der Waals surface area (Å²) in [6.45, 7) is 5.61. The fourth-order valence-corrected chi connectivity index (χ4v) is 3.25. The Morgan fingerprint density at radius 2 is 1.89 bits per heavy atom. The van der Waals surface area contributed by atoms with Gasteiger partial charge in [0, 0.05) is 12.1 Å². The van der Waals surface area contributed by atoms with Crippen LogP contribution in [-0.2, 0) is 11.2 Å². The highest BCUT2D eigenvalue weighted by atomic mass is 16.5. The highest BCUT2D eigenvalue weighted by Crippen LogP contribution is 2.29. The van der Waals surface area contributed by atoms with Gasteiger partial charge in [0.2, 0.25) is 0 Å². The normalized spacial score (nSPS) is 12.0. The van der Waals surface area contributed by atoms with E-state index in [4.69, 9.17) is 9.15 Å². The Morgan fingerprint density at radius 1 is 1.14 bits per heavy atom. The average molecular weight is 379 g/mol. The summed E-state index contributed by atoms with van der Waals surface area (Å²) in [5, 5.41) is 3.69. The van der Waals surface area contributed by atoms with Crippen LogP contribution in [-0.4, -0.2) is 18.6 Å². The van der Waals surface area contributed by atoms with Gasteiger partial charge >= 0.3 is 5.63 Å². The second-order valence-electron chi connectivity index (χ2n) is 7.17. The summed E-state index contributed by atoms with van der Waals surface area (Å²) < 4.78 is 11.0. The summed E-state index contributed by atoms with van der Waals surface area (Å²) in [5.41, 5.74) is 2.98. The third-order valence-electron chi connectivity index (χ3n) is 4.62. The lowest BCUT2D eigenvalue weighted by atomic mass is 10.1. The van der Waals surface area contributed by atoms with Gasteiger partial charge in [0.1, 0.15) is 11.3 Å². The standard InChI is InChI=1S/C23H25NO4/c1-15-11-19(23-16(2)13-22(26)28-20(23)12-15)27-14-21(25)24-17(3)9-10-18-7-5-4-6-8-18/h4-8,11-13,17H,9-10,14H2,1-3H3,(H,24,25). The number of aryl methyl sites for hydroxylation is 3. The molecule has 0 saturated carbocycles. The van der Waals surface area contributed by atoms with Crippen LogP contribution in [0.15, 0.2) is 57.7 Å². The summed E-state index contributed by atoms with van der Waals surface area (Å²) in [6.07, 6.45) is 1.76. The fraction of sp³-hybridized carbons (Fsp3) is 0.304.